The quantitative estimate of drug-likeness (QED) is 0.271. The van der Waals surface area contributed by atoms with Crippen molar-refractivity contribution in [2.75, 3.05) is 6.54 Å². The van der Waals surface area contributed by atoms with Crippen molar-refractivity contribution >= 4 is 23.9 Å². The van der Waals surface area contributed by atoms with Crippen LogP contribution >= 0.6 is 0 Å². The van der Waals surface area contributed by atoms with E-state index in [4.69, 9.17) is 9.47 Å². The maximum atomic E-state index is 14.2. The average Bonchev–Trinajstić information content (AvgIpc) is 2.90. The van der Waals surface area contributed by atoms with E-state index < -0.39 is 65.7 Å². The summed E-state index contributed by atoms with van der Waals surface area (Å²) >= 11 is 0. The maximum absolute atomic E-state index is 14.2. The van der Waals surface area contributed by atoms with Crippen molar-refractivity contribution in [3.8, 4) is 6.07 Å². The van der Waals surface area contributed by atoms with Gasteiger partial charge in [0, 0.05) is 6.42 Å². The highest BCUT2D eigenvalue weighted by Crippen LogP contribution is 2.25. The zero-order valence-electron chi connectivity index (χ0n) is 27.3. The second kappa shape index (κ2) is 15.4. The van der Waals surface area contributed by atoms with Crippen LogP contribution in [0.4, 0.5) is 4.79 Å². The highest BCUT2D eigenvalue weighted by molar-refractivity contribution is 5.94. The topological polar surface area (TPSA) is 138 Å². The first-order valence-corrected chi connectivity index (χ1v) is 14.7. The summed E-state index contributed by atoms with van der Waals surface area (Å²) in [6.45, 7) is 15.2. The van der Waals surface area contributed by atoms with Crippen molar-refractivity contribution in [1.29, 1.82) is 5.26 Å². The Balaban J connectivity index is 2.56. The predicted octanol–water partition coefficient (Wildman–Crippen LogP) is 5.01. The van der Waals surface area contributed by atoms with Crippen LogP contribution in [-0.4, -0.2) is 58.6 Å². The van der Waals surface area contributed by atoms with E-state index in [1.807, 2.05) is 43.3 Å². The molecule has 0 saturated heterocycles. The van der Waals surface area contributed by atoms with Crippen LogP contribution in [0.1, 0.15) is 78.1 Å². The minimum Gasteiger partial charge on any atom is -0.458 e. The largest absolute Gasteiger partial charge is 0.458 e. The molecule has 238 valence electrons. The molecule has 2 rings (SSSR count). The summed E-state index contributed by atoms with van der Waals surface area (Å²) in [5.74, 6) is -2.37. The number of carbonyl (C=O) groups is 4. The normalized spacial score (nSPS) is 13.6. The van der Waals surface area contributed by atoms with Gasteiger partial charge in [0.25, 0.3) is 0 Å². The molecule has 0 heterocycles. The number of benzene rings is 2. The van der Waals surface area contributed by atoms with Crippen molar-refractivity contribution in [2.24, 2.45) is 5.92 Å². The third kappa shape index (κ3) is 11.4. The summed E-state index contributed by atoms with van der Waals surface area (Å²) < 4.78 is 11.0. The summed E-state index contributed by atoms with van der Waals surface area (Å²) in [6, 6.07) is 14.6. The predicted molar refractivity (Wildman–Crippen MR) is 167 cm³/mol. The van der Waals surface area contributed by atoms with E-state index in [2.05, 4.69) is 10.6 Å². The molecule has 2 aromatic rings. The Morgan fingerprint density at radius 1 is 0.864 bits per heavy atom. The Morgan fingerprint density at radius 2 is 1.43 bits per heavy atom. The first-order valence-electron chi connectivity index (χ1n) is 14.7. The van der Waals surface area contributed by atoms with Gasteiger partial charge in [-0.3, -0.25) is 9.59 Å². The highest BCUT2D eigenvalue weighted by atomic mass is 16.6. The number of nitriles is 1. The zero-order valence-corrected chi connectivity index (χ0v) is 27.3. The molecular weight excluding hydrogens is 560 g/mol. The Labute approximate surface area is 261 Å². The molecule has 3 amide bonds. The third-order valence-electron chi connectivity index (χ3n) is 6.37. The lowest BCUT2D eigenvalue weighted by Crippen LogP contribution is -2.56. The number of hydrogen-bond donors (Lipinski definition) is 2. The molecule has 0 aliphatic carbocycles. The summed E-state index contributed by atoms with van der Waals surface area (Å²) in [5.41, 5.74) is 0.531. The molecule has 0 aliphatic rings. The average molecular weight is 607 g/mol. The van der Waals surface area contributed by atoms with Gasteiger partial charge in [0.15, 0.2) is 0 Å². The number of esters is 1. The second-order valence-electron chi connectivity index (χ2n) is 13.1. The first-order chi connectivity index (χ1) is 20.4. The lowest BCUT2D eigenvalue weighted by Gasteiger charge is -2.35. The molecule has 3 unspecified atom stereocenters. The minimum atomic E-state index is -1.30. The van der Waals surface area contributed by atoms with Crippen molar-refractivity contribution in [3.63, 3.8) is 0 Å². The number of nitrogens with zero attached hydrogens (tertiary/aromatic N) is 2. The fraction of sp³-hybridized carbons (Fsp3) is 0.500. The van der Waals surface area contributed by atoms with Gasteiger partial charge in [0.1, 0.15) is 35.9 Å². The smallest absolute Gasteiger partial charge is 0.408 e. The zero-order chi connectivity index (χ0) is 33.2. The molecule has 0 aliphatic heterocycles. The number of ether oxygens (including phenoxy) is 2. The molecule has 10 heteroatoms. The second-order valence-corrected chi connectivity index (χ2v) is 13.1. The van der Waals surface area contributed by atoms with E-state index in [1.54, 1.807) is 79.7 Å². The molecule has 44 heavy (non-hydrogen) atoms. The van der Waals surface area contributed by atoms with E-state index in [9.17, 15) is 24.4 Å². The Kier molecular flexibility index (Phi) is 12.5. The standard InChI is InChI=1S/C34H46N4O6/c1-22(2)27(37-32(42)44-34(7,8)9)30(40)38(20-19-35)28(25-17-15-23(3)16-18-25)29(39)36-26(31(41)43-33(4,5)6)21-24-13-11-10-12-14-24/h10-18,22,26-28H,20-21H2,1-9H3,(H,36,39)(H,37,42). The van der Waals surface area contributed by atoms with Crippen molar-refractivity contribution in [2.45, 2.75) is 98.1 Å². The van der Waals surface area contributed by atoms with Gasteiger partial charge in [-0.15, -0.1) is 0 Å². The van der Waals surface area contributed by atoms with Crippen LogP contribution in [0, 0.1) is 24.2 Å². The Bertz CT molecular complexity index is 1320. The van der Waals surface area contributed by atoms with Crippen LogP contribution in [0.5, 0.6) is 0 Å². The first kappa shape index (κ1) is 35.8. The van der Waals surface area contributed by atoms with Crippen LogP contribution in [0.15, 0.2) is 54.6 Å². The minimum absolute atomic E-state index is 0.142. The summed E-state index contributed by atoms with van der Waals surface area (Å²) in [7, 11) is 0. The Morgan fingerprint density at radius 3 is 1.93 bits per heavy atom. The maximum Gasteiger partial charge on any atom is 0.408 e. The van der Waals surface area contributed by atoms with Crippen LogP contribution in [0.2, 0.25) is 0 Å². The molecule has 0 radical (unpaired) electrons. The van der Waals surface area contributed by atoms with Gasteiger partial charge in [0.05, 0.1) is 6.07 Å². The molecule has 2 aromatic carbocycles. The number of rotatable bonds is 11. The molecule has 3 atom stereocenters. The number of aryl methyl sites for hydroxylation is 1. The molecule has 0 fully saturated rings. The molecule has 0 bridgehead atoms. The fourth-order valence-electron chi connectivity index (χ4n) is 4.39. The van der Waals surface area contributed by atoms with Crippen LogP contribution in [0.25, 0.3) is 0 Å². The van der Waals surface area contributed by atoms with Gasteiger partial charge >= 0.3 is 12.1 Å². The molecule has 0 spiro atoms. The van der Waals surface area contributed by atoms with Gasteiger partial charge in [-0.05, 0) is 65.5 Å². The van der Waals surface area contributed by atoms with Crippen LogP contribution in [-0.2, 0) is 30.3 Å². The molecule has 10 nitrogen and oxygen atoms in total. The van der Waals surface area contributed by atoms with E-state index in [0.29, 0.717) is 5.56 Å². The number of amides is 3. The van der Waals surface area contributed by atoms with Crippen LogP contribution < -0.4 is 10.6 Å². The molecule has 0 saturated carbocycles. The molecule has 2 N–H and O–H groups in total. The van der Waals surface area contributed by atoms with E-state index >= 15 is 0 Å². The van der Waals surface area contributed by atoms with Gasteiger partial charge in [-0.2, -0.15) is 5.26 Å². The van der Waals surface area contributed by atoms with Gasteiger partial charge in [-0.1, -0.05) is 74.0 Å². The molecule has 0 aromatic heterocycles. The lowest BCUT2D eigenvalue weighted by atomic mass is 9.97. The number of nitrogens with one attached hydrogen (secondary N) is 2. The highest BCUT2D eigenvalue weighted by Gasteiger charge is 2.39. The fourth-order valence-corrected chi connectivity index (χ4v) is 4.39. The van der Waals surface area contributed by atoms with Crippen molar-refractivity contribution < 1.29 is 28.7 Å². The number of carbonyl (C=O) groups excluding carboxylic acids is 4. The summed E-state index contributed by atoms with van der Waals surface area (Å²) in [4.78, 5) is 55.4. The Hall–Kier alpha value is -4.39. The lowest BCUT2D eigenvalue weighted by molar-refractivity contribution is -0.159. The van der Waals surface area contributed by atoms with Gasteiger partial charge in [-0.25, -0.2) is 9.59 Å². The van der Waals surface area contributed by atoms with Crippen LogP contribution in [0.3, 0.4) is 0 Å². The number of alkyl carbamates (subject to hydrolysis) is 1. The van der Waals surface area contributed by atoms with E-state index in [1.165, 1.54) is 0 Å². The number of hydrogen-bond acceptors (Lipinski definition) is 7. The van der Waals surface area contributed by atoms with Gasteiger partial charge in [0.2, 0.25) is 11.8 Å². The summed E-state index contributed by atoms with van der Waals surface area (Å²) in [6.07, 6.45) is -0.658. The SMILES string of the molecule is Cc1ccc(C(C(=O)NC(Cc2ccccc2)C(=O)OC(C)(C)C)N(CC#N)C(=O)C(NC(=O)OC(C)(C)C)C(C)C)cc1. The monoisotopic (exact) mass is 606 g/mol. The third-order valence-corrected chi connectivity index (χ3v) is 6.37. The van der Waals surface area contributed by atoms with Crippen molar-refractivity contribution in [1.82, 2.24) is 15.5 Å². The van der Waals surface area contributed by atoms with Gasteiger partial charge < -0.3 is 25.0 Å². The van der Waals surface area contributed by atoms with Crippen molar-refractivity contribution in [3.05, 3.63) is 71.3 Å². The van der Waals surface area contributed by atoms with E-state index in [0.717, 1.165) is 16.0 Å². The molecular formula is C34H46N4O6. The summed E-state index contributed by atoms with van der Waals surface area (Å²) in [5, 5.41) is 15.2. The van der Waals surface area contributed by atoms with E-state index in [-0.39, 0.29) is 6.42 Å².